The molecule has 0 bridgehead atoms. The van der Waals surface area contributed by atoms with E-state index in [4.69, 9.17) is 4.43 Å². The Morgan fingerprint density at radius 2 is 1.95 bits per heavy atom. The Hall–Kier alpha value is -0.343. The van der Waals surface area contributed by atoms with Crippen molar-refractivity contribution in [3.63, 3.8) is 0 Å². The molecule has 1 aliphatic rings. The monoisotopic (exact) mass is 294 g/mol. The molecule has 0 saturated carbocycles. The molecule has 0 amide bonds. The molecule has 20 heavy (non-hydrogen) atoms. The lowest BCUT2D eigenvalue weighted by atomic mass is 9.85. The fourth-order valence-electron chi connectivity index (χ4n) is 2.61. The maximum Gasteiger partial charge on any atom is 0.192 e. The first-order valence-electron chi connectivity index (χ1n) is 8.08. The van der Waals surface area contributed by atoms with Crippen LogP contribution < -0.4 is 0 Å². The molecule has 0 saturated heterocycles. The summed E-state index contributed by atoms with van der Waals surface area (Å²) >= 11 is 0. The molecule has 1 nitrogen and oxygen atoms in total. The molecule has 2 atom stereocenters. The summed E-state index contributed by atoms with van der Waals surface area (Å²) in [5, 5.41) is 0.309. The highest BCUT2D eigenvalue weighted by Crippen LogP contribution is 2.45. The minimum Gasteiger partial charge on any atom is -0.417 e. The number of hydrogen-bond donors (Lipinski definition) is 0. The second-order valence-corrected chi connectivity index (χ2v) is 12.5. The Morgan fingerprint density at radius 1 is 1.35 bits per heavy atom. The van der Waals surface area contributed by atoms with Crippen LogP contribution in [0.1, 0.15) is 47.5 Å². The first kappa shape index (κ1) is 17.7. The van der Waals surface area contributed by atoms with Gasteiger partial charge in [-0.15, -0.1) is 0 Å². The van der Waals surface area contributed by atoms with Crippen molar-refractivity contribution in [2.24, 2.45) is 17.8 Å². The lowest BCUT2D eigenvalue weighted by molar-refractivity contribution is 0.195. The van der Waals surface area contributed by atoms with Crippen LogP contribution in [0.4, 0.5) is 0 Å². The summed E-state index contributed by atoms with van der Waals surface area (Å²) in [6.07, 6.45) is 6.91. The SMILES string of the molecule is C=C1C=C[C@H]([C@H](C)CO[Si](C)(C)C(C)(C)C(C)C)CC1. The van der Waals surface area contributed by atoms with Crippen LogP contribution in [0.25, 0.3) is 0 Å². The lowest BCUT2D eigenvalue weighted by Gasteiger charge is -2.43. The fraction of sp³-hybridized carbons (Fsp3) is 0.778. The van der Waals surface area contributed by atoms with Gasteiger partial charge in [0.2, 0.25) is 0 Å². The van der Waals surface area contributed by atoms with Crippen molar-refractivity contribution in [1.82, 2.24) is 0 Å². The van der Waals surface area contributed by atoms with E-state index in [1.165, 1.54) is 12.0 Å². The topological polar surface area (TPSA) is 9.23 Å². The Labute approximate surface area is 127 Å². The number of hydrogen-bond acceptors (Lipinski definition) is 1. The van der Waals surface area contributed by atoms with E-state index in [0.717, 1.165) is 13.0 Å². The Balaban J connectivity index is 2.58. The molecule has 1 aliphatic carbocycles. The molecular formula is C18H34OSi. The average Bonchev–Trinajstić information content (AvgIpc) is 2.36. The predicted octanol–water partition coefficient (Wildman–Crippen LogP) is 5.80. The zero-order chi connectivity index (χ0) is 15.6. The molecule has 116 valence electrons. The van der Waals surface area contributed by atoms with Gasteiger partial charge in [-0.3, -0.25) is 0 Å². The van der Waals surface area contributed by atoms with Crippen LogP contribution in [-0.4, -0.2) is 14.9 Å². The van der Waals surface area contributed by atoms with Crippen LogP contribution >= 0.6 is 0 Å². The summed E-state index contributed by atoms with van der Waals surface area (Å²) in [5.41, 5.74) is 1.27. The molecule has 0 unspecified atom stereocenters. The second kappa shape index (κ2) is 6.61. The smallest absolute Gasteiger partial charge is 0.192 e. The molecule has 0 aromatic heterocycles. The van der Waals surface area contributed by atoms with E-state index < -0.39 is 8.32 Å². The van der Waals surface area contributed by atoms with Gasteiger partial charge in [0.05, 0.1) is 0 Å². The molecule has 2 heteroatoms. The summed E-state index contributed by atoms with van der Waals surface area (Å²) in [7, 11) is -1.68. The van der Waals surface area contributed by atoms with E-state index in [9.17, 15) is 0 Å². The van der Waals surface area contributed by atoms with Crippen molar-refractivity contribution in [1.29, 1.82) is 0 Å². The van der Waals surface area contributed by atoms with E-state index in [1.807, 2.05) is 0 Å². The Kier molecular flexibility index (Phi) is 5.86. The minimum absolute atomic E-state index is 0.309. The van der Waals surface area contributed by atoms with Crippen LogP contribution in [0, 0.1) is 17.8 Å². The van der Waals surface area contributed by atoms with Gasteiger partial charge in [0.15, 0.2) is 8.32 Å². The van der Waals surface area contributed by atoms with Gasteiger partial charge in [-0.05, 0) is 48.7 Å². The van der Waals surface area contributed by atoms with E-state index in [0.29, 0.717) is 22.8 Å². The lowest BCUT2D eigenvalue weighted by Crippen LogP contribution is -2.46. The van der Waals surface area contributed by atoms with Gasteiger partial charge in [0.1, 0.15) is 0 Å². The molecule has 0 radical (unpaired) electrons. The van der Waals surface area contributed by atoms with Gasteiger partial charge >= 0.3 is 0 Å². The van der Waals surface area contributed by atoms with Crippen LogP contribution in [0.3, 0.4) is 0 Å². The highest BCUT2D eigenvalue weighted by Gasteiger charge is 2.43. The maximum atomic E-state index is 6.48. The highest BCUT2D eigenvalue weighted by atomic mass is 28.4. The zero-order valence-corrected chi connectivity index (χ0v) is 15.6. The number of rotatable bonds is 6. The molecule has 0 aromatic rings. The standard InChI is InChI=1S/C18H34OSi/c1-14(2)18(5,6)20(7,8)19-13-16(4)17-11-9-15(3)10-12-17/h9,11,14,16-17H,3,10,12-13H2,1-2,4-8H3/t16-,17+/m1/s1. The number of allylic oxidation sites excluding steroid dienone is 3. The molecule has 0 aromatic carbocycles. The van der Waals surface area contributed by atoms with Crippen molar-refractivity contribution in [2.75, 3.05) is 6.61 Å². The third kappa shape index (κ3) is 4.08. The summed E-state index contributed by atoms with van der Waals surface area (Å²) in [6, 6.07) is 0. The third-order valence-electron chi connectivity index (χ3n) is 5.81. The molecule has 0 fully saturated rings. The van der Waals surface area contributed by atoms with Gasteiger partial charge in [-0.2, -0.15) is 0 Å². The summed E-state index contributed by atoms with van der Waals surface area (Å²) in [6.45, 7) is 21.4. The van der Waals surface area contributed by atoms with Crippen LogP contribution in [0.15, 0.2) is 24.3 Å². The predicted molar refractivity (Wildman–Crippen MR) is 92.5 cm³/mol. The molecule has 0 N–H and O–H groups in total. The minimum atomic E-state index is -1.68. The summed E-state index contributed by atoms with van der Waals surface area (Å²) in [5.74, 6) is 1.93. The Morgan fingerprint density at radius 3 is 2.40 bits per heavy atom. The van der Waals surface area contributed by atoms with Crippen LogP contribution in [0.2, 0.25) is 18.1 Å². The van der Waals surface area contributed by atoms with Crippen molar-refractivity contribution in [3.05, 3.63) is 24.3 Å². The maximum absolute atomic E-state index is 6.48. The quantitative estimate of drug-likeness (QED) is 0.562. The van der Waals surface area contributed by atoms with Gasteiger partial charge in [0.25, 0.3) is 0 Å². The van der Waals surface area contributed by atoms with E-state index in [2.05, 4.69) is 66.4 Å². The van der Waals surface area contributed by atoms with E-state index in [-0.39, 0.29) is 0 Å². The van der Waals surface area contributed by atoms with Gasteiger partial charge in [-0.1, -0.05) is 58.9 Å². The first-order valence-corrected chi connectivity index (χ1v) is 11.0. The highest BCUT2D eigenvalue weighted by molar-refractivity contribution is 6.74. The third-order valence-corrected chi connectivity index (χ3v) is 10.4. The molecule has 1 rings (SSSR count). The normalized spacial score (nSPS) is 22.4. The van der Waals surface area contributed by atoms with E-state index >= 15 is 0 Å². The van der Waals surface area contributed by atoms with Crippen LogP contribution in [-0.2, 0) is 4.43 Å². The van der Waals surface area contributed by atoms with Gasteiger partial charge in [0, 0.05) is 6.61 Å². The summed E-state index contributed by atoms with van der Waals surface area (Å²) < 4.78 is 6.48. The fourth-order valence-corrected chi connectivity index (χ4v) is 5.05. The Bertz CT molecular complexity index is 366. The van der Waals surface area contributed by atoms with Crippen molar-refractivity contribution in [2.45, 2.75) is 65.6 Å². The van der Waals surface area contributed by atoms with E-state index in [1.54, 1.807) is 0 Å². The summed E-state index contributed by atoms with van der Waals surface area (Å²) in [4.78, 5) is 0. The van der Waals surface area contributed by atoms with Crippen molar-refractivity contribution in [3.8, 4) is 0 Å². The molecule has 0 heterocycles. The average molecular weight is 295 g/mol. The van der Waals surface area contributed by atoms with Gasteiger partial charge < -0.3 is 4.43 Å². The molecular weight excluding hydrogens is 260 g/mol. The van der Waals surface area contributed by atoms with Crippen LogP contribution in [0.5, 0.6) is 0 Å². The first-order chi connectivity index (χ1) is 9.08. The molecule has 0 aliphatic heterocycles. The second-order valence-electron chi connectivity index (χ2n) is 7.89. The van der Waals surface area contributed by atoms with Gasteiger partial charge in [-0.25, -0.2) is 0 Å². The zero-order valence-electron chi connectivity index (χ0n) is 14.6. The van der Waals surface area contributed by atoms with Crippen molar-refractivity contribution >= 4 is 8.32 Å². The molecule has 0 spiro atoms. The largest absolute Gasteiger partial charge is 0.417 e. The van der Waals surface area contributed by atoms with Crippen molar-refractivity contribution < 1.29 is 4.43 Å².